The standard InChI is InChI=1S/C32H50N2O2/c1-2-3-4-5-6-9-12-15-18-29-19-21-30(22-20-29)33-34-31-23-25-32(26-24-31)36-28-17-14-11-8-7-10-13-16-27-35/h19-26,35H,2-18,27-28H2,1H3. The molecule has 0 amide bonds. The summed E-state index contributed by atoms with van der Waals surface area (Å²) in [7, 11) is 0. The Bertz CT molecular complexity index is 787. The van der Waals surface area contributed by atoms with E-state index in [9.17, 15) is 0 Å². The highest BCUT2D eigenvalue weighted by atomic mass is 16.5. The molecule has 0 aliphatic rings. The minimum Gasteiger partial charge on any atom is -0.494 e. The Labute approximate surface area is 220 Å². The fourth-order valence-electron chi connectivity index (χ4n) is 4.38. The number of aliphatic hydroxyl groups is 1. The van der Waals surface area contributed by atoms with Crippen LogP contribution in [-0.4, -0.2) is 18.3 Å². The van der Waals surface area contributed by atoms with Gasteiger partial charge in [0.25, 0.3) is 0 Å². The molecule has 0 spiro atoms. The first kappa shape index (κ1) is 30.0. The van der Waals surface area contributed by atoms with Gasteiger partial charge in [-0.25, -0.2) is 0 Å². The van der Waals surface area contributed by atoms with E-state index in [0.717, 1.165) is 49.4 Å². The third-order valence-corrected chi connectivity index (χ3v) is 6.69. The molecule has 2 aromatic carbocycles. The van der Waals surface area contributed by atoms with Crippen LogP contribution in [0.2, 0.25) is 0 Å². The van der Waals surface area contributed by atoms with Gasteiger partial charge < -0.3 is 9.84 Å². The number of rotatable bonds is 22. The van der Waals surface area contributed by atoms with Gasteiger partial charge in [0.15, 0.2) is 0 Å². The smallest absolute Gasteiger partial charge is 0.119 e. The molecule has 0 aromatic heterocycles. The van der Waals surface area contributed by atoms with Crippen molar-refractivity contribution in [1.82, 2.24) is 0 Å². The van der Waals surface area contributed by atoms with E-state index in [0.29, 0.717) is 6.61 Å². The van der Waals surface area contributed by atoms with Gasteiger partial charge in [0.1, 0.15) is 5.75 Å². The van der Waals surface area contributed by atoms with Gasteiger partial charge in [-0.2, -0.15) is 10.2 Å². The summed E-state index contributed by atoms with van der Waals surface area (Å²) < 4.78 is 5.87. The topological polar surface area (TPSA) is 54.2 Å². The van der Waals surface area contributed by atoms with E-state index in [1.54, 1.807) is 0 Å². The number of aryl methyl sites for hydroxylation is 1. The summed E-state index contributed by atoms with van der Waals surface area (Å²) in [5.41, 5.74) is 3.12. The lowest BCUT2D eigenvalue weighted by Gasteiger charge is -2.06. The van der Waals surface area contributed by atoms with Gasteiger partial charge >= 0.3 is 0 Å². The van der Waals surface area contributed by atoms with Crippen LogP contribution in [0.5, 0.6) is 5.75 Å². The van der Waals surface area contributed by atoms with Crippen molar-refractivity contribution in [2.24, 2.45) is 10.2 Å². The summed E-state index contributed by atoms with van der Waals surface area (Å²) in [4.78, 5) is 0. The maximum atomic E-state index is 8.79. The lowest BCUT2D eigenvalue weighted by molar-refractivity contribution is 0.282. The van der Waals surface area contributed by atoms with Gasteiger partial charge in [0, 0.05) is 6.61 Å². The van der Waals surface area contributed by atoms with E-state index in [2.05, 4.69) is 41.4 Å². The van der Waals surface area contributed by atoms with Crippen LogP contribution in [0.3, 0.4) is 0 Å². The third kappa shape index (κ3) is 15.0. The lowest BCUT2D eigenvalue weighted by atomic mass is 10.0. The Morgan fingerprint density at radius 1 is 0.556 bits per heavy atom. The highest BCUT2D eigenvalue weighted by molar-refractivity contribution is 5.43. The Kier molecular flexibility index (Phi) is 17.5. The fraction of sp³-hybridized carbons (Fsp3) is 0.625. The average molecular weight is 495 g/mol. The quantitative estimate of drug-likeness (QED) is 0.131. The Balaban J connectivity index is 1.56. The first-order chi connectivity index (χ1) is 17.8. The second-order valence-electron chi connectivity index (χ2n) is 9.99. The highest BCUT2D eigenvalue weighted by Crippen LogP contribution is 2.22. The van der Waals surface area contributed by atoms with Crippen molar-refractivity contribution < 1.29 is 9.84 Å². The summed E-state index contributed by atoms with van der Waals surface area (Å²) >= 11 is 0. The van der Waals surface area contributed by atoms with Crippen LogP contribution in [0.4, 0.5) is 11.4 Å². The summed E-state index contributed by atoms with van der Waals surface area (Å²) in [5.74, 6) is 0.892. The first-order valence-corrected chi connectivity index (χ1v) is 14.7. The zero-order valence-electron chi connectivity index (χ0n) is 22.8. The molecule has 0 radical (unpaired) electrons. The van der Waals surface area contributed by atoms with Crippen molar-refractivity contribution >= 4 is 11.4 Å². The van der Waals surface area contributed by atoms with Gasteiger partial charge in [0.05, 0.1) is 18.0 Å². The minimum atomic E-state index is 0.328. The van der Waals surface area contributed by atoms with Crippen LogP contribution in [-0.2, 0) is 6.42 Å². The van der Waals surface area contributed by atoms with Gasteiger partial charge in [-0.05, 0) is 67.6 Å². The number of benzene rings is 2. The van der Waals surface area contributed by atoms with Crippen LogP contribution in [0.25, 0.3) is 0 Å². The van der Waals surface area contributed by atoms with Crippen molar-refractivity contribution in [3.05, 3.63) is 54.1 Å². The fourth-order valence-corrected chi connectivity index (χ4v) is 4.38. The molecule has 4 heteroatoms. The molecule has 4 nitrogen and oxygen atoms in total. The number of azo groups is 1. The number of ether oxygens (including phenoxy) is 1. The van der Waals surface area contributed by atoms with E-state index in [-0.39, 0.29) is 0 Å². The molecule has 36 heavy (non-hydrogen) atoms. The molecule has 2 aromatic rings. The zero-order valence-corrected chi connectivity index (χ0v) is 22.8. The van der Waals surface area contributed by atoms with Crippen molar-refractivity contribution in [3.63, 3.8) is 0 Å². The Morgan fingerprint density at radius 2 is 1.03 bits per heavy atom. The number of aliphatic hydroxyl groups excluding tert-OH is 1. The Hall–Kier alpha value is -2.20. The second kappa shape index (κ2) is 20.9. The van der Waals surface area contributed by atoms with Crippen molar-refractivity contribution in [2.75, 3.05) is 13.2 Å². The van der Waals surface area contributed by atoms with E-state index >= 15 is 0 Å². The Morgan fingerprint density at radius 3 is 1.58 bits per heavy atom. The summed E-state index contributed by atoms with van der Waals surface area (Å²) in [6, 6.07) is 16.4. The molecule has 0 atom stereocenters. The lowest BCUT2D eigenvalue weighted by Crippen LogP contribution is -1.96. The molecule has 1 N–H and O–H groups in total. The maximum Gasteiger partial charge on any atom is 0.119 e. The summed E-state index contributed by atoms with van der Waals surface area (Å²) in [6.07, 6.45) is 21.5. The predicted molar refractivity (Wildman–Crippen MR) is 153 cm³/mol. The molecule has 0 saturated heterocycles. The van der Waals surface area contributed by atoms with Crippen LogP contribution in [0.1, 0.15) is 115 Å². The van der Waals surface area contributed by atoms with Crippen molar-refractivity contribution in [2.45, 2.75) is 116 Å². The van der Waals surface area contributed by atoms with Crippen LogP contribution in [0.15, 0.2) is 58.8 Å². The molecule has 0 aliphatic carbocycles. The van der Waals surface area contributed by atoms with E-state index < -0.39 is 0 Å². The van der Waals surface area contributed by atoms with Gasteiger partial charge in [-0.3, -0.25) is 0 Å². The van der Waals surface area contributed by atoms with E-state index in [4.69, 9.17) is 9.84 Å². The zero-order chi connectivity index (χ0) is 25.5. The normalized spacial score (nSPS) is 11.4. The van der Waals surface area contributed by atoms with Crippen LogP contribution in [0, 0.1) is 0 Å². The monoisotopic (exact) mass is 494 g/mol. The summed E-state index contributed by atoms with van der Waals surface area (Å²) in [5, 5.41) is 17.6. The highest BCUT2D eigenvalue weighted by Gasteiger charge is 1.98. The molecule has 0 fully saturated rings. The molecule has 0 bridgehead atoms. The number of hydrogen-bond donors (Lipinski definition) is 1. The largest absolute Gasteiger partial charge is 0.494 e. The molecule has 0 aliphatic heterocycles. The molecule has 200 valence electrons. The molecule has 0 unspecified atom stereocenters. The SMILES string of the molecule is CCCCCCCCCCc1ccc(N=Nc2ccc(OCCCCCCCCCCO)cc2)cc1. The number of hydrogen-bond acceptors (Lipinski definition) is 4. The minimum absolute atomic E-state index is 0.328. The summed E-state index contributed by atoms with van der Waals surface area (Å²) in [6.45, 7) is 3.36. The average Bonchev–Trinajstić information content (AvgIpc) is 2.91. The molecular weight excluding hydrogens is 444 g/mol. The number of unbranched alkanes of at least 4 members (excludes halogenated alkanes) is 14. The predicted octanol–water partition coefficient (Wildman–Crippen LogP) is 10.3. The van der Waals surface area contributed by atoms with Gasteiger partial charge in [-0.15, -0.1) is 0 Å². The van der Waals surface area contributed by atoms with E-state index in [1.807, 2.05) is 24.3 Å². The van der Waals surface area contributed by atoms with Gasteiger partial charge in [-0.1, -0.05) is 103 Å². The van der Waals surface area contributed by atoms with Crippen molar-refractivity contribution in [1.29, 1.82) is 0 Å². The molecule has 0 heterocycles. The number of nitrogens with zero attached hydrogens (tertiary/aromatic N) is 2. The molecule has 2 rings (SSSR count). The van der Waals surface area contributed by atoms with E-state index in [1.165, 1.54) is 89.0 Å². The molecule has 0 saturated carbocycles. The third-order valence-electron chi connectivity index (χ3n) is 6.69. The van der Waals surface area contributed by atoms with Crippen LogP contribution >= 0.6 is 0 Å². The van der Waals surface area contributed by atoms with Gasteiger partial charge in [0.2, 0.25) is 0 Å². The first-order valence-electron chi connectivity index (χ1n) is 14.7. The second-order valence-corrected chi connectivity index (χ2v) is 9.99. The maximum absolute atomic E-state index is 8.79. The molecular formula is C32H50N2O2. The van der Waals surface area contributed by atoms with Crippen LogP contribution < -0.4 is 4.74 Å². The van der Waals surface area contributed by atoms with Crippen molar-refractivity contribution in [3.8, 4) is 5.75 Å².